The van der Waals surface area contributed by atoms with Crippen LogP contribution in [-0.4, -0.2) is 17.5 Å². The molecule has 1 saturated carbocycles. The Morgan fingerprint density at radius 1 is 1.21 bits per heavy atom. The van der Waals surface area contributed by atoms with Gasteiger partial charge in [0.1, 0.15) is 11.9 Å². The third-order valence-electron chi connectivity index (χ3n) is 4.00. The lowest BCUT2D eigenvalue weighted by Gasteiger charge is -2.36. The van der Waals surface area contributed by atoms with Crippen LogP contribution in [0.1, 0.15) is 40.0 Å². The molecule has 2 unspecified atom stereocenters. The monoisotopic (exact) mass is 194 g/mol. The molecule has 0 aromatic rings. The van der Waals surface area contributed by atoms with Crippen LogP contribution in [-0.2, 0) is 9.53 Å². The van der Waals surface area contributed by atoms with Gasteiger partial charge in [0.25, 0.3) is 0 Å². The molecule has 0 aromatic heterocycles. The molecule has 2 fully saturated rings. The molecule has 0 aromatic carbocycles. The lowest BCUT2D eigenvalue weighted by atomic mass is 9.64. The minimum absolute atomic E-state index is 0.0196. The van der Waals surface area contributed by atoms with Crippen LogP contribution < -0.4 is 0 Å². The molecule has 1 aliphatic carbocycles. The summed E-state index contributed by atoms with van der Waals surface area (Å²) in [7, 11) is 0. The van der Waals surface area contributed by atoms with E-state index >= 15 is 0 Å². The van der Waals surface area contributed by atoms with Crippen molar-refractivity contribution in [2.24, 2.45) is 5.41 Å². The zero-order chi connectivity index (χ0) is 10.4. The van der Waals surface area contributed by atoms with E-state index in [0.717, 1.165) is 12.7 Å². The maximum absolute atomic E-state index is 10.4. The maximum Gasteiger partial charge on any atom is 0.142 e. The first kappa shape index (κ1) is 9.91. The molecule has 0 spiro atoms. The molecular weight excluding hydrogens is 176 g/mol. The van der Waals surface area contributed by atoms with Gasteiger partial charge in [-0.25, -0.2) is 0 Å². The highest BCUT2D eigenvalue weighted by Crippen LogP contribution is 2.65. The summed E-state index contributed by atoms with van der Waals surface area (Å²) in [5.74, 6) is 0. The average molecular weight is 194 g/mol. The fourth-order valence-corrected chi connectivity index (χ4v) is 3.08. The summed E-state index contributed by atoms with van der Waals surface area (Å²) in [6.07, 6.45) is 7.88. The lowest BCUT2D eigenvalue weighted by Crippen LogP contribution is -2.41. The number of ether oxygens (including phenoxy) is 1. The number of epoxide rings is 1. The number of allylic oxidation sites excluding steroid dienone is 1. The Hall–Kier alpha value is -0.630. The normalized spacial score (nSPS) is 44.8. The van der Waals surface area contributed by atoms with Crippen LogP contribution in [0.3, 0.4) is 0 Å². The molecule has 1 saturated heterocycles. The number of carbonyl (C=O) groups excluding carboxylic acids is 1. The van der Waals surface area contributed by atoms with Crippen LogP contribution in [0.25, 0.3) is 0 Å². The quantitative estimate of drug-likeness (QED) is 0.384. The number of fused-ring (bicyclic) bond motifs is 1. The van der Waals surface area contributed by atoms with Crippen molar-refractivity contribution in [2.45, 2.75) is 51.2 Å². The molecule has 2 heteroatoms. The first-order valence-electron chi connectivity index (χ1n) is 5.31. The van der Waals surface area contributed by atoms with Crippen molar-refractivity contribution in [3.8, 4) is 0 Å². The largest absolute Gasteiger partial charge is 0.358 e. The molecular formula is C12H18O2. The summed E-state index contributed by atoms with van der Waals surface area (Å²) in [6, 6.07) is 0. The molecule has 1 heterocycles. The van der Waals surface area contributed by atoms with E-state index in [4.69, 9.17) is 4.74 Å². The Balaban J connectivity index is 2.32. The van der Waals surface area contributed by atoms with Crippen molar-refractivity contribution in [2.75, 3.05) is 0 Å². The number of rotatable bonds is 2. The average Bonchev–Trinajstić information content (AvgIpc) is 2.70. The molecule has 2 atom stereocenters. The Morgan fingerprint density at radius 3 is 2.50 bits per heavy atom. The second kappa shape index (κ2) is 2.69. The van der Waals surface area contributed by atoms with Crippen molar-refractivity contribution in [3.05, 3.63) is 12.2 Å². The van der Waals surface area contributed by atoms with Gasteiger partial charge in [0, 0.05) is 5.41 Å². The maximum atomic E-state index is 10.4. The molecule has 2 aliphatic rings. The van der Waals surface area contributed by atoms with Crippen molar-refractivity contribution >= 4 is 6.29 Å². The van der Waals surface area contributed by atoms with E-state index in [1.165, 1.54) is 12.8 Å². The van der Waals surface area contributed by atoms with Crippen LogP contribution in [0.2, 0.25) is 0 Å². The number of hydrogen-bond donors (Lipinski definition) is 0. The Labute approximate surface area is 85.3 Å². The fraction of sp³-hybridized carbons (Fsp3) is 0.750. The zero-order valence-corrected chi connectivity index (χ0v) is 9.17. The van der Waals surface area contributed by atoms with E-state index in [1.807, 2.05) is 6.08 Å². The standard InChI is InChI=1S/C12H18O2/c1-10(2)6-4-7-11(3)12(10,14-11)8-5-9-13/h5,8-9H,4,6-7H2,1-3H3. The fourth-order valence-electron chi connectivity index (χ4n) is 3.08. The smallest absolute Gasteiger partial charge is 0.142 e. The molecule has 1 aliphatic heterocycles. The number of carbonyl (C=O) groups is 1. The van der Waals surface area contributed by atoms with E-state index < -0.39 is 0 Å². The topological polar surface area (TPSA) is 29.6 Å². The second-order valence-electron chi connectivity index (χ2n) is 5.30. The van der Waals surface area contributed by atoms with Gasteiger partial charge in [0.15, 0.2) is 0 Å². The van der Waals surface area contributed by atoms with Gasteiger partial charge in [-0.2, -0.15) is 0 Å². The zero-order valence-electron chi connectivity index (χ0n) is 9.17. The Morgan fingerprint density at radius 2 is 1.93 bits per heavy atom. The van der Waals surface area contributed by atoms with Gasteiger partial charge >= 0.3 is 0 Å². The highest BCUT2D eigenvalue weighted by molar-refractivity contribution is 5.65. The van der Waals surface area contributed by atoms with Crippen LogP contribution in [0.4, 0.5) is 0 Å². The van der Waals surface area contributed by atoms with E-state index in [1.54, 1.807) is 6.08 Å². The summed E-state index contributed by atoms with van der Waals surface area (Å²) >= 11 is 0. The summed E-state index contributed by atoms with van der Waals surface area (Å²) in [4.78, 5) is 10.4. The van der Waals surface area contributed by atoms with Gasteiger partial charge in [0.2, 0.25) is 0 Å². The van der Waals surface area contributed by atoms with Gasteiger partial charge in [-0.1, -0.05) is 13.8 Å². The predicted molar refractivity (Wildman–Crippen MR) is 55.1 cm³/mol. The second-order valence-corrected chi connectivity index (χ2v) is 5.30. The molecule has 2 nitrogen and oxygen atoms in total. The summed E-state index contributed by atoms with van der Waals surface area (Å²) < 4.78 is 5.92. The number of hydrogen-bond acceptors (Lipinski definition) is 2. The highest BCUT2D eigenvalue weighted by Gasteiger charge is 2.72. The first-order valence-corrected chi connectivity index (χ1v) is 5.31. The molecule has 14 heavy (non-hydrogen) atoms. The van der Waals surface area contributed by atoms with E-state index in [2.05, 4.69) is 20.8 Å². The van der Waals surface area contributed by atoms with Crippen molar-refractivity contribution in [1.82, 2.24) is 0 Å². The molecule has 78 valence electrons. The Kier molecular flexibility index (Phi) is 1.91. The van der Waals surface area contributed by atoms with Gasteiger partial charge < -0.3 is 4.74 Å². The number of aldehydes is 1. The van der Waals surface area contributed by atoms with Gasteiger partial charge in [-0.05, 0) is 38.3 Å². The van der Waals surface area contributed by atoms with Crippen LogP contribution in [0.5, 0.6) is 0 Å². The summed E-state index contributed by atoms with van der Waals surface area (Å²) in [5.41, 5.74) is -0.0487. The van der Waals surface area contributed by atoms with Crippen molar-refractivity contribution < 1.29 is 9.53 Å². The minimum Gasteiger partial charge on any atom is -0.358 e. The van der Waals surface area contributed by atoms with Crippen molar-refractivity contribution in [3.63, 3.8) is 0 Å². The summed E-state index contributed by atoms with van der Waals surface area (Å²) in [5, 5.41) is 0. The minimum atomic E-state index is -0.181. The molecule has 0 amide bonds. The van der Waals surface area contributed by atoms with Gasteiger partial charge in [0.05, 0.1) is 5.60 Å². The predicted octanol–water partition coefficient (Wildman–Crippen LogP) is 2.48. The molecule has 0 bridgehead atoms. The SMILES string of the molecule is CC1(C)CCCC2(C)OC12C=CC=O. The highest BCUT2D eigenvalue weighted by atomic mass is 16.6. The van der Waals surface area contributed by atoms with Crippen LogP contribution >= 0.6 is 0 Å². The molecule has 0 N–H and O–H groups in total. The Bertz CT molecular complexity index is 293. The van der Waals surface area contributed by atoms with Crippen LogP contribution in [0.15, 0.2) is 12.2 Å². The third-order valence-corrected chi connectivity index (χ3v) is 4.00. The molecule has 0 radical (unpaired) electrons. The lowest BCUT2D eigenvalue weighted by molar-refractivity contribution is -0.104. The van der Waals surface area contributed by atoms with E-state index in [0.29, 0.717) is 0 Å². The van der Waals surface area contributed by atoms with Gasteiger partial charge in [-0.15, -0.1) is 0 Å². The first-order chi connectivity index (χ1) is 6.47. The van der Waals surface area contributed by atoms with Gasteiger partial charge in [-0.3, -0.25) is 4.79 Å². The summed E-state index contributed by atoms with van der Waals surface area (Å²) in [6.45, 7) is 6.61. The van der Waals surface area contributed by atoms with Crippen molar-refractivity contribution in [1.29, 1.82) is 0 Å². The van der Waals surface area contributed by atoms with E-state index in [-0.39, 0.29) is 16.6 Å². The molecule has 2 rings (SSSR count). The van der Waals surface area contributed by atoms with Crippen LogP contribution in [0, 0.1) is 5.41 Å². The third kappa shape index (κ3) is 1.04. The van der Waals surface area contributed by atoms with E-state index in [9.17, 15) is 4.79 Å².